The molecule has 1 aliphatic heterocycles. The summed E-state index contributed by atoms with van der Waals surface area (Å²) in [5.74, 6) is 2.12. The van der Waals surface area contributed by atoms with Crippen molar-refractivity contribution in [3.8, 4) is 45.6 Å². The van der Waals surface area contributed by atoms with Crippen LogP contribution in [0.15, 0.2) is 78.4 Å². The molecule has 0 fully saturated rings. The van der Waals surface area contributed by atoms with Crippen molar-refractivity contribution >= 4 is 18.0 Å². The van der Waals surface area contributed by atoms with Gasteiger partial charge in [-0.3, -0.25) is 0 Å². The zero-order valence-electron chi connectivity index (χ0n) is 28.3. The van der Waals surface area contributed by atoms with Gasteiger partial charge in [-0.1, -0.05) is 49.4 Å². The van der Waals surface area contributed by atoms with Gasteiger partial charge in [-0.25, -0.2) is 9.59 Å². The van der Waals surface area contributed by atoms with E-state index in [1.165, 1.54) is 7.11 Å². The highest BCUT2D eigenvalue weighted by Crippen LogP contribution is 2.46. The lowest BCUT2D eigenvalue weighted by Gasteiger charge is -2.21. The molecule has 10 nitrogen and oxygen atoms in total. The summed E-state index contributed by atoms with van der Waals surface area (Å²) >= 11 is 0. The maximum Gasteiger partial charge on any atom is 0.338 e. The van der Waals surface area contributed by atoms with Crippen LogP contribution in [-0.4, -0.2) is 53.3 Å². The Hall–Kier alpha value is -5.64. The second-order valence-corrected chi connectivity index (χ2v) is 10.9. The summed E-state index contributed by atoms with van der Waals surface area (Å²) in [5, 5.41) is 0. The highest BCUT2D eigenvalue weighted by atomic mass is 16.7. The van der Waals surface area contributed by atoms with Crippen LogP contribution in [0, 0.1) is 0 Å². The van der Waals surface area contributed by atoms with E-state index in [1.54, 1.807) is 39.3 Å². The monoisotopic (exact) mass is 668 g/mol. The molecule has 0 saturated heterocycles. The maximum absolute atomic E-state index is 13.4. The first kappa shape index (κ1) is 34.7. The molecule has 1 heterocycles. The summed E-state index contributed by atoms with van der Waals surface area (Å²) < 4.78 is 45.7. The largest absolute Gasteiger partial charge is 0.496 e. The van der Waals surface area contributed by atoms with Gasteiger partial charge in [0.05, 0.1) is 40.1 Å². The number of hydrogen-bond acceptors (Lipinski definition) is 10. The first-order valence-electron chi connectivity index (χ1n) is 16.0. The fourth-order valence-corrected chi connectivity index (χ4v) is 5.47. The van der Waals surface area contributed by atoms with Crippen molar-refractivity contribution in [2.45, 2.75) is 33.3 Å². The molecule has 49 heavy (non-hydrogen) atoms. The Morgan fingerprint density at radius 1 is 0.776 bits per heavy atom. The van der Waals surface area contributed by atoms with E-state index in [0.29, 0.717) is 63.4 Å². The van der Waals surface area contributed by atoms with E-state index < -0.39 is 11.9 Å². The fourth-order valence-electron chi connectivity index (χ4n) is 5.47. The Bertz CT molecular complexity index is 1830. The lowest BCUT2D eigenvalue weighted by atomic mass is 9.94. The summed E-state index contributed by atoms with van der Waals surface area (Å²) in [6.07, 6.45) is 2.77. The summed E-state index contributed by atoms with van der Waals surface area (Å²) in [6.45, 7) is 4.56. The standard InChI is InChI=1S/C39H40O10/c1-6-18-46-37-32(42-3)17-16-31(36(37)47-23-26-13-9-11-15-30(26)39(41)44-5)29-14-10-8-12-25(29)19-28(38(40)45-7-2)20-27-21-34-35(49-24-48-34)22-33(27)43-4/h8-17,19,21-22H,6-7,18,20,23-24H2,1-5H3. The van der Waals surface area contributed by atoms with Crippen LogP contribution < -0.4 is 28.4 Å². The Morgan fingerprint density at radius 3 is 2.24 bits per heavy atom. The number of carbonyl (C=O) groups is 2. The van der Waals surface area contributed by atoms with Gasteiger partial charge in [-0.05, 0) is 54.8 Å². The van der Waals surface area contributed by atoms with Crippen molar-refractivity contribution in [1.82, 2.24) is 0 Å². The molecular formula is C39H40O10. The van der Waals surface area contributed by atoms with Gasteiger partial charge in [-0.2, -0.15) is 0 Å². The third-order valence-electron chi connectivity index (χ3n) is 7.82. The number of methoxy groups -OCH3 is 3. The molecule has 0 aromatic heterocycles. The van der Waals surface area contributed by atoms with Gasteiger partial charge in [0, 0.05) is 34.8 Å². The zero-order valence-corrected chi connectivity index (χ0v) is 28.3. The Kier molecular flexibility index (Phi) is 11.6. The topological polar surface area (TPSA) is 108 Å². The van der Waals surface area contributed by atoms with Crippen molar-refractivity contribution in [1.29, 1.82) is 0 Å². The van der Waals surface area contributed by atoms with E-state index in [9.17, 15) is 9.59 Å². The highest BCUT2D eigenvalue weighted by molar-refractivity contribution is 5.96. The van der Waals surface area contributed by atoms with E-state index >= 15 is 0 Å². The van der Waals surface area contributed by atoms with E-state index in [2.05, 4.69) is 0 Å². The lowest BCUT2D eigenvalue weighted by molar-refractivity contribution is -0.138. The van der Waals surface area contributed by atoms with Gasteiger partial charge in [0.1, 0.15) is 12.4 Å². The molecule has 4 aromatic rings. The molecule has 10 heteroatoms. The Morgan fingerprint density at radius 2 is 1.51 bits per heavy atom. The number of carbonyl (C=O) groups excluding carboxylic acids is 2. The van der Waals surface area contributed by atoms with Gasteiger partial charge in [0.25, 0.3) is 0 Å². The third kappa shape index (κ3) is 7.92. The van der Waals surface area contributed by atoms with Crippen molar-refractivity contribution in [3.05, 3.63) is 101 Å². The quantitative estimate of drug-likeness (QED) is 0.0937. The Labute approximate surface area is 286 Å². The van der Waals surface area contributed by atoms with Gasteiger partial charge in [0.2, 0.25) is 12.5 Å². The molecule has 256 valence electrons. The molecule has 0 radical (unpaired) electrons. The van der Waals surface area contributed by atoms with Crippen molar-refractivity contribution < 1.29 is 47.5 Å². The summed E-state index contributed by atoms with van der Waals surface area (Å²) in [6, 6.07) is 22.0. The first-order chi connectivity index (χ1) is 23.9. The van der Waals surface area contributed by atoms with E-state index in [0.717, 1.165) is 23.1 Å². The minimum Gasteiger partial charge on any atom is -0.496 e. The second kappa shape index (κ2) is 16.5. The van der Waals surface area contributed by atoms with E-state index in [-0.39, 0.29) is 26.4 Å². The number of hydrogen-bond donors (Lipinski definition) is 0. The molecule has 0 unspecified atom stereocenters. The van der Waals surface area contributed by atoms with Crippen molar-refractivity contribution in [3.63, 3.8) is 0 Å². The van der Waals surface area contributed by atoms with Crippen LogP contribution >= 0.6 is 0 Å². The van der Waals surface area contributed by atoms with Crippen LogP contribution in [0.5, 0.6) is 34.5 Å². The van der Waals surface area contributed by atoms with Gasteiger partial charge in [-0.15, -0.1) is 0 Å². The average Bonchev–Trinajstić information content (AvgIpc) is 3.59. The highest BCUT2D eigenvalue weighted by Gasteiger charge is 2.24. The summed E-state index contributed by atoms with van der Waals surface area (Å²) in [4.78, 5) is 26.0. The SMILES string of the molecule is CCCOc1c(OC)ccc(-c2ccccc2C=C(Cc2cc3c(cc2OC)OCO3)C(=O)OCC)c1OCc1ccccc1C(=O)OC. The summed E-state index contributed by atoms with van der Waals surface area (Å²) in [7, 11) is 4.47. The second-order valence-electron chi connectivity index (χ2n) is 10.9. The molecule has 5 rings (SSSR count). The molecule has 0 spiro atoms. The van der Waals surface area contributed by atoms with Crippen molar-refractivity contribution in [2.24, 2.45) is 0 Å². The van der Waals surface area contributed by atoms with Gasteiger partial charge in [0.15, 0.2) is 23.0 Å². The predicted octanol–water partition coefficient (Wildman–Crippen LogP) is 7.44. The molecule has 0 N–H and O–H groups in total. The molecule has 0 saturated carbocycles. The first-order valence-corrected chi connectivity index (χ1v) is 16.0. The number of esters is 2. The third-order valence-corrected chi connectivity index (χ3v) is 7.82. The fraction of sp³-hybridized carbons (Fsp3) is 0.282. The minimum absolute atomic E-state index is 0.0456. The summed E-state index contributed by atoms with van der Waals surface area (Å²) in [5.41, 5.74) is 4.36. The zero-order chi connectivity index (χ0) is 34.8. The minimum atomic E-state index is -0.464. The average molecular weight is 669 g/mol. The van der Waals surface area contributed by atoms with Crippen molar-refractivity contribution in [2.75, 3.05) is 41.3 Å². The van der Waals surface area contributed by atoms with Crippen LogP contribution in [0.4, 0.5) is 0 Å². The number of benzene rings is 4. The predicted molar refractivity (Wildman–Crippen MR) is 184 cm³/mol. The van der Waals surface area contributed by atoms with Gasteiger partial charge < -0.3 is 37.9 Å². The molecule has 0 bridgehead atoms. The Balaban J connectivity index is 1.62. The number of fused-ring (bicyclic) bond motifs is 1. The normalized spacial score (nSPS) is 11.9. The van der Waals surface area contributed by atoms with E-state index in [4.69, 9.17) is 37.9 Å². The van der Waals surface area contributed by atoms with Crippen LogP contribution in [0.3, 0.4) is 0 Å². The molecular weight excluding hydrogens is 628 g/mol. The molecule has 1 aliphatic rings. The molecule has 0 aliphatic carbocycles. The van der Waals surface area contributed by atoms with Crippen LogP contribution in [-0.2, 0) is 27.3 Å². The number of rotatable bonds is 15. The lowest BCUT2D eigenvalue weighted by Crippen LogP contribution is -2.11. The van der Waals surface area contributed by atoms with Crippen LogP contribution in [0.25, 0.3) is 17.2 Å². The van der Waals surface area contributed by atoms with Crippen LogP contribution in [0.1, 0.15) is 47.3 Å². The molecule has 4 aromatic carbocycles. The van der Waals surface area contributed by atoms with E-state index in [1.807, 2.05) is 67.6 Å². The molecule has 0 amide bonds. The van der Waals surface area contributed by atoms with Crippen LogP contribution in [0.2, 0.25) is 0 Å². The van der Waals surface area contributed by atoms with Gasteiger partial charge >= 0.3 is 11.9 Å². The smallest absolute Gasteiger partial charge is 0.338 e. The number of ether oxygens (including phenoxy) is 8. The maximum atomic E-state index is 13.4. The molecule has 0 atom stereocenters.